The van der Waals surface area contributed by atoms with Crippen LogP contribution in [0.15, 0.2) is 66.7 Å². The quantitative estimate of drug-likeness (QED) is 0.148. The van der Waals surface area contributed by atoms with Crippen molar-refractivity contribution in [3.8, 4) is 5.75 Å². The van der Waals surface area contributed by atoms with Crippen molar-refractivity contribution in [2.75, 3.05) is 38.2 Å². The molecule has 0 aromatic heterocycles. The normalized spacial score (nSPS) is 11.6. The van der Waals surface area contributed by atoms with Gasteiger partial charge < -0.3 is 29.5 Å². The largest absolute Gasteiger partial charge is 0.492 e. The number of carbonyl (C=O) groups excluding carboxylic acids is 1. The van der Waals surface area contributed by atoms with Crippen molar-refractivity contribution in [3.63, 3.8) is 0 Å². The third kappa shape index (κ3) is 11.7. The summed E-state index contributed by atoms with van der Waals surface area (Å²) in [6.45, 7) is 4.08. The highest BCUT2D eigenvalue weighted by atomic mass is 35.5. The maximum absolute atomic E-state index is 13.1. The molecule has 0 spiro atoms. The summed E-state index contributed by atoms with van der Waals surface area (Å²) < 4.78 is 16.9. The number of hydrogen-bond acceptors (Lipinski definition) is 5. The molecule has 2 amide bonds. The van der Waals surface area contributed by atoms with Crippen LogP contribution in [0.3, 0.4) is 0 Å². The van der Waals surface area contributed by atoms with Gasteiger partial charge in [-0.1, -0.05) is 59.1 Å². The van der Waals surface area contributed by atoms with Crippen LogP contribution in [0.1, 0.15) is 30.9 Å². The van der Waals surface area contributed by atoms with Gasteiger partial charge in [-0.25, -0.2) is 9.59 Å². The minimum Gasteiger partial charge on any atom is -0.492 e. The maximum atomic E-state index is 13.1. The molecule has 11 heteroatoms. The van der Waals surface area contributed by atoms with Gasteiger partial charge in [-0.05, 0) is 73.4 Å². The molecule has 0 fully saturated rings. The van der Waals surface area contributed by atoms with Crippen molar-refractivity contribution in [2.24, 2.45) is 0 Å². The lowest BCUT2D eigenvalue weighted by atomic mass is 10.1. The summed E-state index contributed by atoms with van der Waals surface area (Å²) in [5, 5.41) is 13.7. The fraction of sp³-hybridized carbons (Fsp3) is 0.355. The average Bonchev–Trinajstić information content (AvgIpc) is 2.95. The van der Waals surface area contributed by atoms with Crippen molar-refractivity contribution in [1.29, 1.82) is 0 Å². The third-order valence-electron chi connectivity index (χ3n) is 6.18. The molecule has 1 unspecified atom stereocenters. The molecule has 0 radical (unpaired) electrons. The monoisotopic (exact) mass is 636 g/mol. The summed E-state index contributed by atoms with van der Waals surface area (Å²) in [5.74, 6) is -0.382. The third-order valence-corrected chi connectivity index (χ3v) is 6.94. The number of amides is 2. The van der Waals surface area contributed by atoms with E-state index in [1.165, 1.54) is 0 Å². The predicted molar refractivity (Wildman–Crippen MR) is 166 cm³/mol. The number of hydrogen-bond donors (Lipinski definition) is 2. The Hall–Kier alpha value is -3.01. The Kier molecular flexibility index (Phi) is 14.2. The number of halogens is 3. The van der Waals surface area contributed by atoms with E-state index in [0.717, 1.165) is 17.5 Å². The molecule has 0 aliphatic carbocycles. The van der Waals surface area contributed by atoms with Gasteiger partial charge in [0, 0.05) is 36.2 Å². The fourth-order valence-corrected chi connectivity index (χ4v) is 4.85. The first-order chi connectivity index (χ1) is 20.2. The highest BCUT2D eigenvalue weighted by Gasteiger charge is 2.18. The van der Waals surface area contributed by atoms with Crippen LogP contribution >= 0.6 is 34.8 Å². The Morgan fingerprint density at radius 1 is 0.905 bits per heavy atom. The number of ether oxygens (including phenoxy) is 3. The lowest BCUT2D eigenvalue weighted by molar-refractivity contribution is -0.149. The fourth-order valence-electron chi connectivity index (χ4n) is 4.09. The van der Waals surface area contributed by atoms with Crippen LogP contribution in [0.4, 0.5) is 10.5 Å². The van der Waals surface area contributed by atoms with Gasteiger partial charge in [-0.3, -0.25) is 0 Å². The molecule has 226 valence electrons. The molecule has 3 rings (SSSR count). The average molecular weight is 638 g/mol. The zero-order chi connectivity index (χ0) is 30.3. The van der Waals surface area contributed by atoms with Crippen molar-refractivity contribution < 1.29 is 28.9 Å². The molecule has 1 atom stereocenters. The molecule has 2 N–H and O–H groups in total. The van der Waals surface area contributed by atoms with E-state index in [0.29, 0.717) is 65.8 Å². The molecule has 42 heavy (non-hydrogen) atoms. The van der Waals surface area contributed by atoms with Gasteiger partial charge in [0.15, 0.2) is 6.10 Å². The predicted octanol–water partition coefficient (Wildman–Crippen LogP) is 7.59. The highest BCUT2D eigenvalue weighted by Crippen LogP contribution is 2.22. The molecule has 3 aromatic rings. The summed E-state index contributed by atoms with van der Waals surface area (Å²) in [6.07, 6.45) is 0.820. The molecule has 8 nitrogen and oxygen atoms in total. The molecule has 0 aliphatic rings. The Morgan fingerprint density at radius 2 is 1.62 bits per heavy atom. The molecule has 0 aliphatic heterocycles. The molecule has 3 aromatic carbocycles. The van der Waals surface area contributed by atoms with Crippen molar-refractivity contribution in [2.45, 2.75) is 38.9 Å². The van der Waals surface area contributed by atoms with E-state index < -0.39 is 12.1 Å². The number of aliphatic carboxylic acids is 1. The van der Waals surface area contributed by atoms with Crippen LogP contribution in [0.25, 0.3) is 0 Å². The van der Waals surface area contributed by atoms with Gasteiger partial charge in [0.1, 0.15) is 12.4 Å². The van der Waals surface area contributed by atoms with E-state index in [1.54, 1.807) is 54.3 Å². The van der Waals surface area contributed by atoms with E-state index in [2.05, 4.69) is 5.32 Å². The van der Waals surface area contributed by atoms with Crippen LogP contribution in [0.2, 0.25) is 15.1 Å². The maximum Gasteiger partial charge on any atom is 0.333 e. The van der Waals surface area contributed by atoms with E-state index >= 15 is 0 Å². The number of unbranched alkanes of at least 4 members (excludes halogenated alkanes) is 1. The summed E-state index contributed by atoms with van der Waals surface area (Å²) in [5.41, 5.74) is 2.25. The second-order valence-electron chi connectivity index (χ2n) is 9.41. The lowest BCUT2D eigenvalue weighted by Gasteiger charge is -2.23. The first kappa shape index (κ1) is 33.5. The number of nitrogens with one attached hydrogen (secondary N) is 1. The first-order valence-corrected chi connectivity index (χ1v) is 14.8. The smallest absolute Gasteiger partial charge is 0.333 e. The van der Waals surface area contributed by atoms with Gasteiger partial charge in [0.2, 0.25) is 0 Å². The summed E-state index contributed by atoms with van der Waals surface area (Å²) in [4.78, 5) is 26.1. The van der Waals surface area contributed by atoms with Crippen molar-refractivity contribution in [1.82, 2.24) is 4.90 Å². The zero-order valence-electron chi connectivity index (χ0n) is 23.4. The number of carboxylic acids is 1. The number of urea groups is 1. The first-order valence-electron chi connectivity index (χ1n) is 13.6. The number of carbonyl (C=O) groups is 2. The van der Waals surface area contributed by atoms with Crippen LogP contribution in [-0.2, 0) is 27.3 Å². The molecular weight excluding hydrogens is 603 g/mol. The van der Waals surface area contributed by atoms with Gasteiger partial charge >= 0.3 is 12.0 Å². The summed E-state index contributed by atoms with van der Waals surface area (Å²) in [6, 6.07) is 19.2. The number of anilines is 1. The molecule has 0 saturated carbocycles. The minimum absolute atomic E-state index is 0.260. The summed E-state index contributed by atoms with van der Waals surface area (Å²) >= 11 is 18.3. The number of rotatable bonds is 17. The van der Waals surface area contributed by atoms with Gasteiger partial charge in [0.05, 0.1) is 23.9 Å². The molecule has 0 bridgehead atoms. The number of benzene rings is 3. The van der Waals surface area contributed by atoms with Crippen molar-refractivity contribution >= 4 is 52.5 Å². The second-order valence-corrected chi connectivity index (χ2v) is 10.7. The minimum atomic E-state index is -0.995. The van der Waals surface area contributed by atoms with Gasteiger partial charge in [-0.15, -0.1) is 0 Å². The number of para-hydroxylation sites is 1. The van der Waals surface area contributed by atoms with E-state index in [1.807, 2.05) is 24.3 Å². The van der Waals surface area contributed by atoms with Gasteiger partial charge in [0.25, 0.3) is 0 Å². The van der Waals surface area contributed by atoms with E-state index in [4.69, 9.17) is 49.0 Å². The molecule has 0 saturated heterocycles. The number of nitrogens with zero attached hydrogens (tertiary/aromatic N) is 1. The van der Waals surface area contributed by atoms with Crippen LogP contribution in [0.5, 0.6) is 5.75 Å². The van der Waals surface area contributed by atoms with E-state index in [-0.39, 0.29) is 19.1 Å². The van der Waals surface area contributed by atoms with Crippen LogP contribution < -0.4 is 10.1 Å². The van der Waals surface area contributed by atoms with Gasteiger partial charge in [-0.2, -0.15) is 0 Å². The highest BCUT2D eigenvalue weighted by molar-refractivity contribution is 6.34. The van der Waals surface area contributed by atoms with Crippen LogP contribution in [-0.4, -0.2) is 61.0 Å². The molecule has 0 heterocycles. The number of carboxylic acid groups (broad SMARTS) is 1. The second kappa shape index (κ2) is 17.8. The standard InChI is InChI=1S/C31H35Cl3N2O6/c1-2-41-29(30(37)38)19-22-9-11-26(12-10-22)42-16-14-36(31(39)35-28-8-4-3-7-27(28)34)13-5-6-15-40-21-23-17-24(32)20-25(33)18-23/h3-4,7-12,17-18,20,29H,2,5-6,13-16,19,21H2,1H3,(H,35,39)(H,37,38). The SMILES string of the molecule is CCOC(Cc1ccc(OCCN(CCCCOCc2cc(Cl)cc(Cl)c2)C(=O)Nc2ccccc2Cl)cc1)C(=O)O. The Labute approximate surface area is 261 Å². The van der Waals surface area contributed by atoms with Crippen LogP contribution in [0, 0.1) is 0 Å². The Bertz CT molecular complexity index is 1270. The zero-order valence-corrected chi connectivity index (χ0v) is 25.6. The molecular formula is C31H35Cl3N2O6. The Morgan fingerprint density at radius 3 is 2.29 bits per heavy atom. The van der Waals surface area contributed by atoms with Crippen molar-refractivity contribution in [3.05, 3.63) is 92.9 Å². The summed E-state index contributed by atoms with van der Waals surface area (Å²) in [7, 11) is 0. The van der Waals surface area contributed by atoms with E-state index in [9.17, 15) is 14.7 Å². The Balaban J connectivity index is 1.50. The topological polar surface area (TPSA) is 97.3 Å². The lowest BCUT2D eigenvalue weighted by Crippen LogP contribution is -2.38.